The van der Waals surface area contributed by atoms with Gasteiger partial charge in [0.25, 0.3) is 5.91 Å². The number of rotatable bonds is 4. The summed E-state index contributed by atoms with van der Waals surface area (Å²) < 4.78 is 0. The van der Waals surface area contributed by atoms with Crippen LogP contribution in [0.15, 0.2) is 54.9 Å². The van der Waals surface area contributed by atoms with Gasteiger partial charge in [-0.05, 0) is 43.5 Å². The maximum atomic E-state index is 12.4. The number of aromatic nitrogens is 1. The summed E-state index contributed by atoms with van der Waals surface area (Å²) >= 11 is 0. The fourth-order valence-corrected chi connectivity index (χ4v) is 3.06. The average molecular weight is 349 g/mol. The molecule has 2 amide bonds. The molecule has 0 atom stereocenters. The number of hydrogen-bond acceptors (Lipinski definition) is 3. The minimum absolute atomic E-state index is 0.0172. The van der Waals surface area contributed by atoms with E-state index in [0.29, 0.717) is 18.7 Å². The maximum absolute atomic E-state index is 12.4. The highest BCUT2D eigenvalue weighted by Crippen LogP contribution is 2.13. The average Bonchev–Trinajstić information content (AvgIpc) is 2.67. The van der Waals surface area contributed by atoms with Crippen molar-refractivity contribution in [3.05, 3.63) is 71.6 Å². The van der Waals surface area contributed by atoms with Crippen molar-refractivity contribution in [2.24, 2.45) is 0 Å². The van der Waals surface area contributed by atoms with Crippen molar-refractivity contribution < 1.29 is 9.59 Å². The van der Waals surface area contributed by atoms with Gasteiger partial charge < -0.3 is 10.2 Å². The molecule has 0 aliphatic carbocycles. The van der Waals surface area contributed by atoms with Crippen LogP contribution in [0.4, 0.5) is 0 Å². The van der Waals surface area contributed by atoms with E-state index >= 15 is 0 Å². The molecule has 26 heavy (non-hydrogen) atoms. The zero-order valence-electron chi connectivity index (χ0n) is 14.9. The van der Waals surface area contributed by atoms with Gasteiger partial charge >= 0.3 is 0 Å². The van der Waals surface area contributed by atoms with E-state index in [4.69, 9.17) is 0 Å². The van der Waals surface area contributed by atoms with Crippen molar-refractivity contribution in [1.82, 2.24) is 15.2 Å². The Kier molecular flexibility index (Phi) is 5.79. The Balaban J connectivity index is 1.48. The van der Waals surface area contributed by atoms with Gasteiger partial charge in [-0.1, -0.05) is 29.8 Å². The first-order chi connectivity index (χ1) is 12.6. The molecule has 0 spiro atoms. The second-order valence-electron chi connectivity index (χ2n) is 6.56. The lowest BCUT2D eigenvalue weighted by atomic mass is 10.0. The molecule has 1 aliphatic rings. The molecule has 2 heterocycles. The summed E-state index contributed by atoms with van der Waals surface area (Å²) in [6.45, 7) is 3.33. The van der Waals surface area contributed by atoms with Gasteiger partial charge in [-0.15, -0.1) is 0 Å². The van der Waals surface area contributed by atoms with E-state index < -0.39 is 0 Å². The molecule has 0 unspecified atom stereocenters. The van der Waals surface area contributed by atoms with Gasteiger partial charge in [0.15, 0.2) is 0 Å². The largest absolute Gasteiger partial charge is 0.349 e. The molecule has 134 valence electrons. The monoisotopic (exact) mass is 349 g/mol. The zero-order valence-corrected chi connectivity index (χ0v) is 14.9. The zero-order chi connectivity index (χ0) is 18.4. The second-order valence-corrected chi connectivity index (χ2v) is 6.56. The number of aryl methyl sites for hydroxylation is 1. The fraction of sp³-hybridized carbons (Fsp3) is 0.286. The van der Waals surface area contributed by atoms with Crippen LogP contribution >= 0.6 is 0 Å². The van der Waals surface area contributed by atoms with E-state index in [1.54, 1.807) is 30.6 Å². The number of carbonyl (C=O) groups is 2. The molecule has 1 N–H and O–H groups in total. The number of nitrogens with one attached hydrogen (secondary N) is 1. The number of carbonyl (C=O) groups excluding carboxylic acids is 2. The van der Waals surface area contributed by atoms with E-state index in [9.17, 15) is 9.59 Å². The van der Waals surface area contributed by atoms with Gasteiger partial charge in [0.05, 0.1) is 5.56 Å². The molecule has 1 fully saturated rings. The second kappa shape index (κ2) is 8.43. The normalized spacial score (nSPS) is 15.2. The Bertz CT molecular complexity index is 794. The molecule has 1 aromatic heterocycles. The number of nitrogens with zero attached hydrogens (tertiary/aromatic N) is 2. The minimum atomic E-state index is -0.109. The third-order valence-electron chi connectivity index (χ3n) is 4.53. The molecule has 0 radical (unpaired) electrons. The van der Waals surface area contributed by atoms with Crippen LogP contribution in [-0.2, 0) is 4.79 Å². The van der Waals surface area contributed by atoms with Crippen LogP contribution in [0.5, 0.6) is 0 Å². The summed E-state index contributed by atoms with van der Waals surface area (Å²) in [5.41, 5.74) is 2.76. The number of hydrogen-bond donors (Lipinski definition) is 1. The Hall–Kier alpha value is -2.95. The van der Waals surface area contributed by atoms with Crippen LogP contribution < -0.4 is 5.32 Å². The van der Waals surface area contributed by atoms with Crippen molar-refractivity contribution in [1.29, 1.82) is 0 Å². The Labute approximate surface area is 153 Å². The summed E-state index contributed by atoms with van der Waals surface area (Å²) in [5, 5.41) is 3.02. The lowest BCUT2D eigenvalue weighted by molar-refractivity contribution is -0.126. The van der Waals surface area contributed by atoms with Gasteiger partial charge in [0.1, 0.15) is 0 Å². The lowest BCUT2D eigenvalue weighted by Crippen LogP contribution is -2.46. The molecule has 1 aliphatic heterocycles. The smallest absolute Gasteiger partial charge is 0.253 e. The molecule has 5 nitrogen and oxygen atoms in total. The van der Waals surface area contributed by atoms with Gasteiger partial charge in [0.2, 0.25) is 5.91 Å². The maximum Gasteiger partial charge on any atom is 0.253 e. The number of amides is 2. The van der Waals surface area contributed by atoms with Crippen molar-refractivity contribution in [2.45, 2.75) is 25.8 Å². The SMILES string of the molecule is Cc1cccc(/C=C/C(=O)N2CCC(NC(=O)c3cccnc3)CC2)c1. The molecule has 0 bridgehead atoms. The van der Waals surface area contributed by atoms with Crippen molar-refractivity contribution in [3.8, 4) is 0 Å². The topological polar surface area (TPSA) is 62.3 Å². The van der Waals surface area contributed by atoms with Crippen LogP contribution in [0.1, 0.15) is 34.3 Å². The predicted octanol–water partition coefficient (Wildman–Crippen LogP) is 2.82. The molecule has 1 aromatic carbocycles. The summed E-state index contributed by atoms with van der Waals surface area (Å²) in [6, 6.07) is 11.6. The van der Waals surface area contributed by atoms with Crippen molar-refractivity contribution in [2.75, 3.05) is 13.1 Å². The van der Waals surface area contributed by atoms with E-state index in [1.807, 2.05) is 42.2 Å². The molecule has 3 rings (SSSR count). The van der Waals surface area contributed by atoms with Gasteiger partial charge in [-0.2, -0.15) is 0 Å². The molecule has 5 heteroatoms. The van der Waals surface area contributed by atoms with Crippen LogP contribution in [0, 0.1) is 6.92 Å². The highest BCUT2D eigenvalue weighted by atomic mass is 16.2. The molecule has 0 saturated carbocycles. The number of likely N-dealkylation sites (tertiary alicyclic amines) is 1. The third-order valence-corrected chi connectivity index (χ3v) is 4.53. The first-order valence-electron chi connectivity index (χ1n) is 8.86. The first kappa shape index (κ1) is 17.9. The van der Waals surface area contributed by atoms with Gasteiger partial charge in [-0.25, -0.2) is 0 Å². The minimum Gasteiger partial charge on any atom is -0.349 e. The van der Waals surface area contributed by atoms with E-state index in [-0.39, 0.29) is 17.9 Å². The molecular formula is C21H23N3O2. The number of piperidine rings is 1. The molecule has 2 aromatic rings. The highest BCUT2D eigenvalue weighted by molar-refractivity contribution is 5.94. The first-order valence-corrected chi connectivity index (χ1v) is 8.86. The predicted molar refractivity (Wildman–Crippen MR) is 102 cm³/mol. The summed E-state index contributed by atoms with van der Waals surface area (Å²) in [5.74, 6) is -0.0919. The van der Waals surface area contributed by atoms with Crippen LogP contribution in [0.25, 0.3) is 6.08 Å². The van der Waals surface area contributed by atoms with Gasteiger partial charge in [-0.3, -0.25) is 14.6 Å². The lowest BCUT2D eigenvalue weighted by Gasteiger charge is -2.31. The Morgan fingerprint density at radius 3 is 2.69 bits per heavy atom. The number of benzene rings is 1. The van der Waals surface area contributed by atoms with E-state index in [1.165, 1.54) is 5.56 Å². The molecular weight excluding hydrogens is 326 g/mol. The van der Waals surface area contributed by atoms with Crippen molar-refractivity contribution >= 4 is 17.9 Å². The van der Waals surface area contributed by atoms with Crippen LogP contribution in [-0.4, -0.2) is 40.8 Å². The summed E-state index contributed by atoms with van der Waals surface area (Å²) in [4.78, 5) is 30.3. The third kappa shape index (κ3) is 4.79. The Morgan fingerprint density at radius 2 is 2.00 bits per heavy atom. The van der Waals surface area contributed by atoms with Crippen LogP contribution in [0.3, 0.4) is 0 Å². The van der Waals surface area contributed by atoms with Gasteiger partial charge in [0, 0.05) is 37.6 Å². The number of pyridine rings is 1. The fourth-order valence-electron chi connectivity index (χ4n) is 3.06. The van der Waals surface area contributed by atoms with E-state index in [2.05, 4.69) is 10.3 Å². The van der Waals surface area contributed by atoms with E-state index in [0.717, 1.165) is 18.4 Å². The summed E-state index contributed by atoms with van der Waals surface area (Å²) in [7, 11) is 0. The highest BCUT2D eigenvalue weighted by Gasteiger charge is 2.23. The quantitative estimate of drug-likeness (QED) is 0.864. The van der Waals surface area contributed by atoms with Crippen molar-refractivity contribution in [3.63, 3.8) is 0 Å². The Morgan fingerprint density at radius 1 is 1.19 bits per heavy atom. The standard InChI is InChI=1S/C21H23N3O2/c1-16-4-2-5-17(14-16)7-8-20(25)24-12-9-19(10-13-24)23-21(26)18-6-3-11-22-15-18/h2-8,11,14-15,19H,9-10,12-13H2,1H3,(H,23,26)/b8-7+. The summed E-state index contributed by atoms with van der Waals surface area (Å²) in [6.07, 6.45) is 8.20. The molecule has 1 saturated heterocycles. The van der Waals surface area contributed by atoms with Crippen LogP contribution in [0.2, 0.25) is 0 Å².